The molecule has 37 heavy (non-hydrogen) atoms. The predicted molar refractivity (Wildman–Crippen MR) is 115 cm³/mol. The third-order valence-corrected chi connectivity index (χ3v) is 6.21. The van der Waals surface area contributed by atoms with Crippen LogP contribution >= 0.6 is 0 Å². The summed E-state index contributed by atoms with van der Waals surface area (Å²) in [5.74, 6) is 0.138. The minimum Gasteiger partial charge on any atom is -0.462 e. The van der Waals surface area contributed by atoms with Crippen LogP contribution in [0, 0.1) is 10.1 Å². The average molecular weight is 535 g/mol. The zero-order valence-electron chi connectivity index (χ0n) is 19.2. The molecule has 1 aromatic carbocycles. The van der Waals surface area contributed by atoms with Crippen molar-refractivity contribution in [2.45, 2.75) is 73.8 Å². The monoisotopic (exact) mass is 535 g/mol. The van der Waals surface area contributed by atoms with Gasteiger partial charge in [0, 0.05) is 12.1 Å². The molecule has 0 spiro atoms. The lowest BCUT2D eigenvalue weighted by Gasteiger charge is -2.44. The minimum absolute atomic E-state index is 0.138. The van der Waals surface area contributed by atoms with E-state index in [2.05, 4.69) is 0 Å². The van der Waals surface area contributed by atoms with Crippen molar-refractivity contribution >= 4 is 5.69 Å². The maximum absolute atomic E-state index is 10.8. The van der Waals surface area contributed by atoms with Crippen LogP contribution in [0.3, 0.4) is 0 Å². The minimum atomic E-state index is -1.73. The Kier molecular flexibility index (Phi) is 8.89. The molecular weight excluding hydrogens is 506 g/mol. The molecule has 4 rings (SSSR count). The molecule has 12 atom stereocenters. The summed E-state index contributed by atoms with van der Waals surface area (Å²) in [6.45, 7) is -1.03. The van der Waals surface area contributed by atoms with E-state index in [1.807, 2.05) is 0 Å². The van der Waals surface area contributed by atoms with Gasteiger partial charge in [-0.3, -0.25) is 10.1 Å². The standard InChI is InChI=1S/C21H29NO15/c23-10-5-32-19(15(27)13(10)25)36-12-7-34-20(16(28)14(12)26)37-18-11(24)6-33-21(17(18)29)35-9-3-1-8(2-4-9)22(30)31/h1-4,10-21,23-29H,5-7H2/t10-,11-,12-,13+,14+,15-,16-,17-,18+,19+,20+,21+/m1/s1. The molecule has 0 saturated carbocycles. The SMILES string of the molecule is O=[N+]([O-])c1ccc(O[C@@H]2OC[C@@H](O)[C@H](O[C@@H]3OC[C@@H](O[C@@H]4OC[C@@H](O)[C@H](O)[C@H]4O)[C@H](O)[C@H]3O)[C@H]2O)cc1. The van der Waals surface area contributed by atoms with Gasteiger partial charge >= 0.3 is 0 Å². The summed E-state index contributed by atoms with van der Waals surface area (Å²) in [5, 5.41) is 82.1. The number of nitro groups is 1. The van der Waals surface area contributed by atoms with E-state index in [0.717, 1.165) is 0 Å². The first-order chi connectivity index (χ1) is 17.6. The van der Waals surface area contributed by atoms with E-state index in [1.165, 1.54) is 24.3 Å². The van der Waals surface area contributed by atoms with Crippen molar-refractivity contribution in [1.82, 2.24) is 0 Å². The number of nitro benzene ring substituents is 1. The normalized spacial score (nSPS) is 42.8. The summed E-state index contributed by atoms with van der Waals surface area (Å²) in [6.07, 6.45) is -17.7. The summed E-state index contributed by atoms with van der Waals surface area (Å²) < 4.78 is 32.3. The van der Waals surface area contributed by atoms with E-state index in [-0.39, 0.29) is 31.3 Å². The van der Waals surface area contributed by atoms with Gasteiger partial charge in [-0.15, -0.1) is 0 Å². The first-order valence-electron chi connectivity index (χ1n) is 11.4. The largest absolute Gasteiger partial charge is 0.462 e. The van der Waals surface area contributed by atoms with Crippen molar-refractivity contribution < 1.29 is 69.1 Å². The second-order valence-corrected chi connectivity index (χ2v) is 8.84. The van der Waals surface area contributed by atoms with Crippen LogP contribution in [0.25, 0.3) is 0 Å². The highest BCUT2D eigenvalue weighted by Gasteiger charge is 2.48. The predicted octanol–water partition coefficient (Wildman–Crippen LogP) is -3.66. The van der Waals surface area contributed by atoms with Gasteiger partial charge in [0.1, 0.15) is 60.7 Å². The molecule has 3 aliphatic rings. The van der Waals surface area contributed by atoms with Gasteiger partial charge in [-0.25, -0.2) is 0 Å². The molecule has 3 fully saturated rings. The van der Waals surface area contributed by atoms with Gasteiger partial charge in [0.05, 0.1) is 24.7 Å². The van der Waals surface area contributed by atoms with Crippen LogP contribution in [-0.2, 0) is 23.7 Å². The third kappa shape index (κ3) is 6.17. The van der Waals surface area contributed by atoms with Gasteiger partial charge in [0.2, 0.25) is 6.29 Å². The molecule has 3 heterocycles. The Morgan fingerprint density at radius 1 is 0.703 bits per heavy atom. The Bertz CT molecular complexity index is 904. The third-order valence-electron chi connectivity index (χ3n) is 6.21. The van der Waals surface area contributed by atoms with Crippen molar-refractivity contribution in [1.29, 1.82) is 0 Å². The lowest BCUT2D eigenvalue weighted by atomic mass is 10.0. The Morgan fingerprint density at radius 3 is 1.95 bits per heavy atom. The zero-order valence-corrected chi connectivity index (χ0v) is 19.2. The van der Waals surface area contributed by atoms with Crippen LogP contribution in [0.1, 0.15) is 0 Å². The smallest absolute Gasteiger partial charge is 0.269 e. The molecule has 0 unspecified atom stereocenters. The Morgan fingerprint density at radius 2 is 1.27 bits per heavy atom. The molecule has 1 aromatic rings. The topological polar surface area (TPSA) is 240 Å². The molecule has 0 aromatic heterocycles. The first kappa shape index (κ1) is 28.0. The molecule has 7 N–H and O–H groups in total. The van der Waals surface area contributed by atoms with E-state index in [0.29, 0.717) is 0 Å². The van der Waals surface area contributed by atoms with Gasteiger partial charge in [0.25, 0.3) is 5.69 Å². The van der Waals surface area contributed by atoms with E-state index in [9.17, 15) is 45.9 Å². The van der Waals surface area contributed by atoms with Crippen LogP contribution in [0.15, 0.2) is 24.3 Å². The van der Waals surface area contributed by atoms with E-state index in [4.69, 9.17) is 28.4 Å². The van der Waals surface area contributed by atoms with Crippen molar-refractivity contribution in [2.24, 2.45) is 0 Å². The highest BCUT2D eigenvalue weighted by Crippen LogP contribution is 2.29. The average Bonchev–Trinajstić information content (AvgIpc) is 2.88. The molecule has 3 aliphatic heterocycles. The maximum atomic E-state index is 10.8. The number of aliphatic hydroxyl groups is 7. The number of rotatable bonds is 7. The molecule has 16 nitrogen and oxygen atoms in total. The van der Waals surface area contributed by atoms with E-state index in [1.54, 1.807) is 0 Å². The molecule has 0 amide bonds. The van der Waals surface area contributed by atoms with Gasteiger partial charge in [-0.1, -0.05) is 0 Å². The van der Waals surface area contributed by atoms with Gasteiger partial charge in [-0.05, 0) is 12.1 Å². The molecule has 208 valence electrons. The number of benzene rings is 1. The summed E-state index contributed by atoms with van der Waals surface area (Å²) in [4.78, 5) is 10.2. The zero-order chi connectivity index (χ0) is 26.9. The molecule has 16 heteroatoms. The fourth-order valence-electron chi connectivity index (χ4n) is 4.06. The fourth-order valence-corrected chi connectivity index (χ4v) is 4.06. The summed E-state index contributed by atoms with van der Waals surface area (Å²) in [7, 11) is 0. The van der Waals surface area contributed by atoms with Crippen LogP contribution in [0.2, 0.25) is 0 Å². The second kappa shape index (κ2) is 11.8. The maximum Gasteiger partial charge on any atom is 0.269 e. The number of non-ortho nitro benzene ring substituents is 1. The highest BCUT2D eigenvalue weighted by molar-refractivity contribution is 5.36. The van der Waals surface area contributed by atoms with Crippen LogP contribution in [0.5, 0.6) is 5.75 Å². The molecular formula is C21H29NO15. The molecule has 0 aliphatic carbocycles. The number of hydrogen-bond acceptors (Lipinski definition) is 15. The van der Waals surface area contributed by atoms with Crippen LogP contribution in [-0.4, -0.2) is 134 Å². The fraction of sp³-hybridized carbons (Fsp3) is 0.714. The summed E-state index contributed by atoms with van der Waals surface area (Å²) in [5.41, 5.74) is -0.170. The van der Waals surface area contributed by atoms with E-state index < -0.39 is 78.7 Å². The summed E-state index contributed by atoms with van der Waals surface area (Å²) in [6, 6.07) is 4.98. The van der Waals surface area contributed by atoms with Crippen molar-refractivity contribution in [2.75, 3.05) is 19.8 Å². The Hall–Kier alpha value is -2.06. The number of aliphatic hydroxyl groups excluding tert-OH is 7. The van der Waals surface area contributed by atoms with E-state index >= 15 is 0 Å². The molecule has 0 radical (unpaired) electrons. The number of hydrogen-bond donors (Lipinski definition) is 7. The lowest BCUT2D eigenvalue weighted by molar-refractivity contribution is -0.384. The van der Waals surface area contributed by atoms with Crippen molar-refractivity contribution in [3.05, 3.63) is 34.4 Å². The quantitative estimate of drug-likeness (QED) is 0.131. The molecule has 0 bridgehead atoms. The van der Waals surface area contributed by atoms with Gasteiger partial charge < -0.3 is 64.2 Å². The van der Waals surface area contributed by atoms with Crippen molar-refractivity contribution in [3.8, 4) is 5.75 Å². The van der Waals surface area contributed by atoms with Crippen molar-refractivity contribution in [3.63, 3.8) is 0 Å². The van der Waals surface area contributed by atoms with Crippen LogP contribution < -0.4 is 4.74 Å². The van der Waals surface area contributed by atoms with Gasteiger partial charge in [0.15, 0.2) is 12.6 Å². The highest BCUT2D eigenvalue weighted by atomic mass is 16.7. The van der Waals surface area contributed by atoms with Crippen LogP contribution in [0.4, 0.5) is 5.69 Å². The number of ether oxygens (including phenoxy) is 6. The Balaban J connectivity index is 1.34. The van der Waals surface area contributed by atoms with Gasteiger partial charge in [-0.2, -0.15) is 0 Å². The second-order valence-electron chi connectivity index (χ2n) is 8.84. The first-order valence-corrected chi connectivity index (χ1v) is 11.4. The Labute approximate surface area is 209 Å². The number of nitrogens with zero attached hydrogens (tertiary/aromatic N) is 1. The lowest BCUT2D eigenvalue weighted by Crippen LogP contribution is -2.62. The molecule has 3 saturated heterocycles. The summed E-state index contributed by atoms with van der Waals surface area (Å²) >= 11 is 0.